The van der Waals surface area contributed by atoms with Gasteiger partial charge >= 0.3 is 0 Å². The summed E-state index contributed by atoms with van der Waals surface area (Å²) in [6.45, 7) is 4.45. The molecule has 2 N–H and O–H groups in total. The molecule has 0 aliphatic heterocycles. The number of rotatable bonds is 2. The topological polar surface area (TPSA) is 62.0 Å². The van der Waals surface area contributed by atoms with Crippen LogP contribution in [0.2, 0.25) is 0 Å². The zero-order valence-corrected chi connectivity index (χ0v) is 11.0. The van der Waals surface area contributed by atoms with Crippen molar-refractivity contribution in [1.82, 2.24) is 10.3 Å². The predicted octanol–water partition coefficient (Wildman–Crippen LogP) is 2.07. The summed E-state index contributed by atoms with van der Waals surface area (Å²) in [5, 5.41) is 2.97. The zero-order valence-electron chi connectivity index (χ0n) is 11.0. The van der Waals surface area contributed by atoms with E-state index < -0.39 is 0 Å². The molecular formula is C14H20N2O2. The summed E-state index contributed by atoms with van der Waals surface area (Å²) < 4.78 is 0. The van der Waals surface area contributed by atoms with E-state index in [2.05, 4.69) is 24.1 Å². The number of amides is 1. The molecule has 0 bridgehead atoms. The van der Waals surface area contributed by atoms with Crippen LogP contribution in [0.15, 0.2) is 23.1 Å². The molecule has 1 aromatic rings. The Morgan fingerprint density at radius 3 is 2.94 bits per heavy atom. The molecule has 1 atom stereocenters. The second-order valence-corrected chi connectivity index (χ2v) is 5.84. The van der Waals surface area contributed by atoms with Crippen molar-refractivity contribution in [3.05, 3.63) is 34.2 Å². The fourth-order valence-electron chi connectivity index (χ4n) is 2.68. The van der Waals surface area contributed by atoms with Gasteiger partial charge in [-0.25, -0.2) is 0 Å². The molecule has 1 unspecified atom stereocenters. The van der Waals surface area contributed by atoms with Crippen LogP contribution >= 0.6 is 0 Å². The third-order valence-corrected chi connectivity index (χ3v) is 3.60. The van der Waals surface area contributed by atoms with Crippen molar-refractivity contribution >= 4 is 5.91 Å². The van der Waals surface area contributed by atoms with Gasteiger partial charge in [-0.15, -0.1) is 0 Å². The molecule has 18 heavy (non-hydrogen) atoms. The van der Waals surface area contributed by atoms with Crippen LogP contribution in [-0.4, -0.2) is 16.9 Å². The number of aromatic amines is 1. The molecule has 2 rings (SSSR count). The van der Waals surface area contributed by atoms with Crippen LogP contribution in [0, 0.1) is 5.41 Å². The lowest BCUT2D eigenvalue weighted by Crippen LogP contribution is -2.42. The molecule has 1 aliphatic carbocycles. The first-order valence-electron chi connectivity index (χ1n) is 6.46. The molecule has 0 spiro atoms. The molecule has 1 fully saturated rings. The zero-order chi connectivity index (χ0) is 13.2. The van der Waals surface area contributed by atoms with Gasteiger partial charge in [0.05, 0.1) is 0 Å². The van der Waals surface area contributed by atoms with Crippen molar-refractivity contribution in [2.24, 2.45) is 5.41 Å². The van der Waals surface area contributed by atoms with Crippen LogP contribution < -0.4 is 10.9 Å². The van der Waals surface area contributed by atoms with E-state index in [0.717, 1.165) is 19.3 Å². The maximum absolute atomic E-state index is 12.0. The average Bonchev–Trinajstić information content (AvgIpc) is 2.28. The van der Waals surface area contributed by atoms with Crippen molar-refractivity contribution in [3.8, 4) is 0 Å². The number of carbonyl (C=O) groups excluding carboxylic acids is 1. The van der Waals surface area contributed by atoms with Gasteiger partial charge in [-0.1, -0.05) is 20.3 Å². The van der Waals surface area contributed by atoms with Gasteiger partial charge in [-0.2, -0.15) is 0 Å². The first-order valence-corrected chi connectivity index (χ1v) is 6.46. The fraction of sp³-hybridized carbons (Fsp3) is 0.571. The monoisotopic (exact) mass is 248 g/mol. The maximum atomic E-state index is 12.0. The highest BCUT2D eigenvalue weighted by atomic mass is 16.2. The number of nitrogens with one attached hydrogen (secondary N) is 2. The Morgan fingerprint density at radius 1 is 1.50 bits per heavy atom. The quantitative estimate of drug-likeness (QED) is 0.841. The fourth-order valence-corrected chi connectivity index (χ4v) is 2.68. The SMILES string of the molecule is CC1(C)CCCC(NC(=O)c2ccc[nH]c2=O)C1. The summed E-state index contributed by atoms with van der Waals surface area (Å²) in [5.74, 6) is -0.264. The number of hydrogen-bond acceptors (Lipinski definition) is 2. The molecule has 1 heterocycles. The Morgan fingerprint density at radius 2 is 2.28 bits per heavy atom. The van der Waals surface area contributed by atoms with Crippen LogP contribution in [0.3, 0.4) is 0 Å². The van der Waals surface area contributed by atoms with E-state index in [1.54, 1.807) is 12.1 Å². The highest BCUT2D eigenvalue weighted by Gasteiger charge is 2.29. The lowest BCUT2D eigenvalue weighted by atomic mass is 9.75. The molecule has 1 aliphatic rings. The first-order chi connectivity index (χ1) is 8.48. The van der Waals surface area contributed by atoms with Crippen LogP contribution in [0.4, 0.5) is 0 Å². The molecule has 4 nitrogen and oxygen atoms in total. The van der Waals surface area contributed by atoms with Crippen molar-refractivity contribution in [1.29, 1.82) is 0 Å². The van der Waals surface area contributed by atoms with Gasteiger partial charge in [-0.3, -0.25) is 9.59 Å². The van der Waals surface area contributed by atoms with E-state index in [9.17, 15) is 9.59 Å². The third kappa shape index (κ3) is 3.00. The Bertz CT molecular complexity index is 491. The van der Waals surface area contributed by atoms with E-state index in [-0.39, 0.29) is 28.5 Å². The minimum absolute atomic E-state index is 0.181. The van der Waals surface area contributed by atoms with Crippen molar-refractivity contribution < 1.29 is 4.79 Å². The van der Waals surface area contributed by atoms with Crippen LogP contribution in [0.5, 0.6) is 0 Å². The molecule has 1 amide bonds. The highest BCUT2D eigenvalue weighted by Crippen LogP contribution is 2.35. The molecular weight excluding hydrogens is 228 g/mol. The second-order valence-electron chi connectivity index (χ2n) is 5.84. The van der Waals surface area contributed by atoms with E-state index >= 15 is 0 Å². The highest BCUT2D eigenvalue weighted by molar-refractivity contribution is 5.93. The standard InChI is InChI=1S/C14H20N2O2/c1-14(2)7-3-5-10(9-14)16-13(18)11-6-4-8-15-12(11)17/h4,6,8,10H,3,5,7,9H2,1-2H3,(H,15,17)(H,16,18). The lowest BCUT2D eigenvalue weighted by molar-refractivity contribution is 0.0901. The summed E-state index contributed by atoms with van der Waals surface area (Å²) in [4.78, 5) is 26.0. The van der Waals surface area contributed by atoms with Gasteiger partial charge in [-0.05, 0) is 36.8 Å². The van der Waals surface area contributed by atoms with Crippen molar-refractivity contribution in [2.75, 3.05) is 0 Å². The number of carbonyl (C=O) groups is 1. The largest absolute Gasteiger partial charge is 0.349 e. The number of aromatic nitrogens is 1. The summed E-state index contributed by atoms with van der Waals surface area (Å²) in [6, 6.07) is 3.41. The molecule has 0 saturated heterocycles. The van der Waals surface area contributed by atoms with Gasteiger partial charge in [0.15, 0.2) is 0 Å². The molecule has 0 radical (unpaired) electrons. The van der Waals surface area contributed by atoms with Gasteiger partial charge in [0.1, 0.15) is 5.56 Å². The Labute approximate surface area is 107 Å². The molecule has 98 valence electrons. The maximum Gasteiger partial charge on any atom is 0.260 e. The van der Waals surface area contributed by atoms with Crippen LogP contribution in [-0.2, 0) is 0 Å². The van der Waals surface area contributed by atoms with Gasteiger partial charge < -0.3 is 10.3 Å². The summed E-state index contributed by atoms with van der Waals surface area (Å²) >= 11 is 0. The van der Waals surface area contributed by atoms with Crippen LogP contribution in [0.25, 0.3) is 0 Å². The predicted molar refractivity (Wildman–Crippen MR) is 70.6 cm³/mol. The second kappa shape index (κ2) is 4.96. The molecule has 1 aromatic heterocycles. The molecule has 4 heteroatoms. The normalized spacial score (nSPS) is 22.4. The van der Waals surface area contributed by atoms with E-state index in [4.69, 9.17) is 0 Å². The first kappa shape index (κ1) is 12.9. The number of hydrogen-bond donors (Lipinski definition) is 2. The van der Waals surface area contributed by atoms with E-state index in [0.29, 0.717) is 0 Å². The van der Waals surface area contributed by atoms with Crippen molar-refractivity contribution in [3.63, 3.8) is 0 Å². The number of pyridine rings is 1. The van der Waals surface area contributed by atoms with Gasteiger partial charge in [0.25, 0.3) is 11.5 Å². The van der Waals surface area contributed by atoms with E-state index in [1.807, 2.05) is 0 Å². The van der Waals surface area contributed by atoms with Gasteiger partial charge in [0, 0.05) is 12.2 Å². The minimum atomic E-state index is -0.329. The Kier molecular flexibility index (Phi) is 3.55. The smallest absolute Gasteiger partial charge is 0.260 e. The van der Waals surface area contributed by atoms with Gasteiger partial charge in [0.2, 0.25) is 0 Å². The molecule has 1 saturated carbocycles. The summed E-state index contributed by atoms with van der Waals surface area (Å²) in [5.41, 5.74) is 0.144. The Balaban J connectivity index is 2.04. The third-order valence-electron chi connectivity index (χ3n) is 3.60. The summed E-state index contributed by atoms with van der Waals surface area (Å²) in [6.07, 6.45) is 5.83. The minimum Gasteiger partial charge on any atom is -0.349 e. The average molecular weight is 248 g/mol. The number of H-pyrrole nitrogens is 1. The van der Waals surface area contributed by atoms with Crippen LogP contribution in [0.1, 0.15) is 49.9 Å². The van der Waals surface area contributed by atoms with E-state index in [1.165, 1.54) is 12.6 Å². The van der Waals surface area contributed by atoms with Crippen molar-refractivity contribution in [2.45, 2.75) is 45.6 Å². The molecule has 0 aromatic carbocycles. The summed E-state index contributed by atoms with van der Waals surface area (Å²) in [7, 11) is 0. The Hall–Kier alpha value is -1.58. The lowest BCUT2D eigenvalue weighted by Gasteiger charge is -2.35.